The van der Waals surface area contributed by atoms with Crippen LogP contribution in [0.5, 0.6) is 11.5 Å². The lowest BCUT2D eigenvalue weighted by molar-refractivity contribution is 0.0186. The van der Waals surface area contributed by atoms with Gasteiger partial charge < -0.3 is 19.5 Å². The van der Waals surface area contributed by atoms with Crippen LogP contribution < -0.4 is 14.8 Å². The summed E-state index contributed by atoms with van der Waals surface area (Å²) >= 11 is 1.83. The minimum Gasteiger partial charge on any atom is -0.493 e. The molecule has 2 aliphatic rings. The molecule has 1 atom stereocenters. The molecule has 0 spiro atoms. The highest BCUT2D eigenvalue weighted by atomic mass is 32.1. The van der Waals surface area contributed by atoms with Crippen LogP contribution in [0.4, 0.5) is 5.82 Å². The van der Waals surface area contributed by atoms with Crippen molar-refractivity contribution < 1.29 is 14.2 Å². The van der Waals surface area contributed by atoms with Crippen LogP contribution in [0.3, 0.4) is 0 Å². The number of nitrogens with zero attached hydrogens (tertiary/aromatic N) is 3. The van der Waals surface area contributed by atoms with Gasteiger partial charge in [-0.05, 0) is 49.4 Å². The van der Waals surface area contributed by atoms with Crippen LogP contribution in [0.15, 0.2) is 18.2 Å². The van der Waals surface area contributed by atoms with Gasteiger partial charge in [0.1, 0.15) is 16.5 Å². The van der Waals surface area contributed by atoms with Crippen molar-refractivity contribution in [2.75, 3.05) is 52.4 Å². The molecule has 0 unspecified atom stereocenters. The molecular formula is C24H30N4O3S. The summed E-state index contributed by atoms with van der Waals surface area (Å²) in [5, 5.41) is 4.93. The zero-order chi connectivity index (χ0) is 22.1. The fourth-order valence-corrected chi connectivity index (χ4v) is 6.14. The van der Waals surface area contributed by atoms with E-state index in [0.29, 0.717) is 0 Å². The molecule has 170 valence electrons. The van der Waals surface area contributed by atoms with Gasteiger partial charge in [0.25, 0.3) is 0 Å². The Bertz CT molecular complexity index is 1110. The Hall–Kier alpha value is -2.42. The Labute approximate surface area is 192 Å². The number of hydrogen-bond acceptors (Lipinski definition) is 8. The van der Waals surface area contributed by atoms with Gasteiger partial charge in [0.15, 0.2) is 11.5 Å². The summed E-state index contributed by atoms with van der Waals surface area (Å²) in [4.78, 5) is 14.6. The maximum absolute atomic E-state index is 5.62. The largest absolute Gasteiger partial charge is 0.493 e. The lowest BCUT2D eigenvalue weighted by atomic mass is 10.0. The number of methoxy groups -OCH3 is 2. The maximum atomic E-state index is 5.62. The Kier molecular flexibility index (Phi) is 6.17. The zero-order valence-corrected chi connectivity index (χ0v) is 19.8. The standard InChI is InChI=1S/C24H30N4O3S/c1-15-26-23(22-17-5-4-6-21(17)32-24(22)27-15)25-14-18(28-9-11-31-12-10-28)16-7-8-19(29-2)20(13-16)30-3/h7-8,13,18H,4-6,9-12,14H2,1-3H3,(H,25,26,27)/t18-/m0/s1. The number of ether oxygens (including phenoxy) is 3. The number of aromatic nitrogens is 2. The van der Waals surface area contributed by atoms with Crippen molar-refractivity contribution in [3.63, 3.8) is 0 Å². The summed E-state index contributed by atoms with van der Waals surface area (Å²) in [6.07, 6.45) is 3.52. The van der Waals surface area contributed by atoms with E-state index < -0.39 is 0 Å². The second kappa shape index (κ2) is 9.21. The minimum absolute atomic E-state index is 0.163. The number of morpholine rings is 1. The molecule has 1 fully saturated rings. The SMILES string of the molecule is COc1ccc([C@H](CNc2nc(C)nc3sc4c(c23)CCC4)N2CCOCC2)cc1OC. The smallest absolute Gasteiger partial charge is 0.161 e. The summed E-state index contributed by atoms with van der Waals surface area (Å²) in [7, 11) is 3.35. The quantitative estimate of drug-likeness (QED) is 0.579. The molecule has 1 saturated heterocycles. The molecule has 2 aromatic heterocycles. The van der Waals surface area contributed by atoms with Crippen LogP contribution in [0.25, 0.3) is 10.2 Å². The molecule has 3 aromatic rings. The minimum atomic E-state index is 0.163. The molecule has 5 rings (SSSR count). The average Bonchev–Trinajstić information content (AvgIpc) is 3.40. The van der Waals surface area contributed by atoms with E-state index in [9.17, 15) is 0 Å². The molecule has 3 heterocycles. The van der Waals surface area contributed by atoms with Gasteiger partial charge in [-0.1, -0.05) is 6.07 Å². The highest BCUT2D eigenvalue weighted by Gasteiger charge is 2.26. The van der Waals surface area contributed by atoms with Crippen LogP contribution in [0.2, 0.25) is 0 Å². The Morgan fingerprint density at radius 3 is 2.72 bits per heavy atom. The van der Waals surface area contributed by atoms with Crippen LogP contribution in [0, 0.1) is 6.92 Å². The van der Waals surface area contributed by atoms with Gasteiger partial charge in [-0.2, -0.15) is 0 Å². The lowest BCUT2D eigenvalue weighted by Gasteiger charge is -2.35. The zero-order valence-electron chi connectivity index (χ0n) is 18.9. The van der Waals surface area contributed by atoms with E-state index in [2.05, 4.69) is 22.3 Å². The summed E-state index contributed by atoms with van der Waals surface area (Å²) in [5.41, 5.74) is 2.64. The second-order valence-electron chi connectivity index (χ2n) is 8.32. The molecule has 0 saturated carbocycles. The summed E-state index contributed by atoms with van der Waals surface area (Å²) < 4.78 is 16.7. The first-order valence-corrected chi connectivity index (χ1v) is 12.1. The Balaban J connectivity index is 1.48. The number of hydrogen-bond donors (Lipinski definition) is 1. The van der Waals surface area contributed by atoms with Gasteiger partial charge in [-0.25, -0.2) is 9.97 Å². The summed E-state index contributed by atoms with van der Waals surface area (Å²) in [6.45, 7) is 6.01. The van der Waals surface area contributed by atoms with Crippen molar-refractivity contribution in [3.8, 4) is 11.5 Å². The Morgan fingerprint density at radius 2 is 1.94 bits per heavy atom. The van der Waals surface area contributed by atoms with Gasteiger partial charge in [0.2, 0.25) is 0 Å². The van der Waals surface area contributed by atoms with Crippen molar-refractivity contribution in [1.82, 2.24) is 14.9 Å². The number of aryl methyl sites for hydroxylation is 3. The normalized spacial score (nSPS) is 17.3. The van der Waals surface area contributed by atoms with Crippen LogP contribution in [0.1, 0.15) is 34.3 Å². The Morgan fingerprint density at radius 1 is 1.12 bits per heavy atom. The third kappa shape index (κ3) is 4.02. The second-order valence-corrected chi connectivity index (χ2v) is 9.40. The first-order valence-electron chi connectivity index (χ1n) is 11.2. The predicted molar refractivity (Wildman–Crippen MR) is 127 cm³/mol. The van der Waals surface area contributed by atoms with Gasteiger partial charge >= 0.3 is 0 Å². The van der Waals surface area contributed by atoms with E-state index in [-0.39, 0.29) is 6.04 Å². The van der Waals surface area contributed by atoms with E-state index in [1.54, 1.807) is 14.2 Å². The third-order valence-corrected chi connectivity index (χ3v) is 7.60. The highest BCUT2D eigenvalue weighted by molar-refractivity contribution is 7.19. The van der Waals surface area contributed by atoms with Crippen molar-refractivity contribution >= 4 is 27.4 Å². The predicted octanol–water partition coefficient (Wildman–Crippen LogP) is 3.99. The number of rotatable bonds is 7. The molecule has 1 N–H and O–H groups in total. The summed E-state index contributed by atoms with van der Waals surface area (Å²) in [6, 6.07) is 6.37. The van der Waals surface area contributed by atoms with Crippen LogP contribution in [-0.4, -0.2) is 61.9 Å². The third-order valence-electron chi connectivity index (χ3n) is 6.42. The molecule has 1 aliphatic carbocycles. The van der Waals surface area contributed by atoms with E-state index in [4.69, 9.17) is 24.2 Å². The molecule has 1 aromatic carbocycles. The van der Waals surface area contributed by atoms with Crippen molar-refractivity contribution in [3.05, 3.63) is 40.0 Å². The molecule has 0 radical (unpaired) electrons. The van der Waals surface area contributed by atoms with E-state index >= 15 is 0 Å². The molecule has 8 heteroatoms. The maximum Gasteiger partial charge on any atom is 0.161 e. The van der Waals surface area contributed by atoms with Crippen molar-refractivity contribution in [2.45, 2.75) is 32.2 Å². The van der Waals surface area contributed by atoms with Crippen LogP contribution in [-0.2, 0) is 17.6 Å². The molecule has 0 amide bonds. The molecule has 1 aliphatic heterocycles. The monoisotopic (exact) mass is 454 g/mol. The van der Waals surface area contributed by atoms with Gasteiger partial charge in [0, 0.05) is 24.5 Å². The van der Waals surface area contributed by atoms with Crippen molar-refractivity contribution in [2.24, 2.45) is 0 Å². The first kappa shape index (κ1) is 21.4. The molecule has 7 nitrogen and oxygen atoms in total. The molecular weight excluding hydrogens is 424 g/mol. The number of nitrogens with one attached hydrogen (secondary N) is 1. The molecule has 0 bridgehead atoms. The lowest BCUT2D eigenvalue weighted by Crippen LogP contribution is -2.41. The van der Waals surface area contributed by atoms with E-state index in [1.165, 1.54) is 27.8 Å². The van der Waals surface area contributed by atoms with E-state index in [1.807, 2.05) is 24.3 Å². The fourth-order valence-electron chi connectivity index (χ4n) is 4.83. The van der Waals surface area contributed by atoms with Crippen molar-refractivity contribution in [1.29, 1.82) is 0 Å². The summed E-state index contributed by atoms with van der Waals surface area (Å²) in [5.74, 6) is 3.27. The van der Waals surface area contributed by atoms with Gasteiger partial charge in [-0.15, -0.1) is 11.3 Å². The fraction of sp³-hybridized carbons (Fsp3) is 0.500. The number of anilines is 1. The number of fused-ring (bicyclic) bond motifs is 3. The van der Waals surface area contributed by atoms with Crippen LogP contribution >= 0.6 is 11.3 Å². The number of benzene rings is 1. The van der Waals surface area contributed by atoms with Gasteiger partial charge in [0.05, 0.1) is 38.9 Å². The first-order chi connectivity index (χ1) is 15.7. The number of thiophene rings is 1. The average molecular weight is 455 g/mol. The van der Waals surface area contributed by atoms with E-state index in [0.717, 1.165) is 73.7 Å². The topological polar surface area (TPSA) is 68.7 Å². The highest BCUT2D eigenvalue weighted by Crippen LogP contribution is 2.40. The molecule has 32 heavy (non-hydrogen) atoms. The van der Waals surface area contributed by atoms with Gasteiger partial charge in [-0.3, -0.25) is 4.90 Å².